The monoisotopic (exact) mass is 277 g/mol. The molecule has 1 aromatic rings. The number of likely N-dealkylation sites (tertiary alicyclic amines) is 1. The van der Waals surface area contributed by atoms with E-state index in [0.717, 1.165) is 25.9 Å². The van der Waals surface area contributed by atoms with Crippen molar-refractivity contribution in [1.82, 2.24) is 4.90 Å². The molecule has 1 fully saturated rings. The maximum absolute atomic E-state index is 12.2. The quantitative estimate of drug-likeness (QED) is 0.758. The molecule has 0 radical (unpaired) electrons. The summed E-state index contributed by atoms with van der Waals surface area (Å²) in [7, 11) is 0. The van der Waals surface area contributed by atoms with E-state index in [-0.39, 0.29) is 5.91 Å². The molecule has 0 atom stereocenters. The van der Waals surface area contributed by atoms with Crippen LogP contribution < -0.4 is 0 Å². The van der Waals surface area contributed by atoms with Gasteiger partial charge in [0.2, 0.25) is 0 Å². The lowest BCUT2D eigenvalue weighted by atomic mass is 10.2. The Morgan fingerprint density at radius 3 is 2.31 bits per heavy atom. The van der Waals surface area contributed by atoms with E-state index in [1.807, 2.05) is 4.90 Å². The minimum absolute atomic E-state index is 0.0232. The van der Waals surface area contributed by atoms with Gasteiger partial charge in [0.15, 0.2) is 0 Å². The van der Waals surface area contributed by atoms with Crippen LogP contribution in [0.3, 0.4) is 0 Å². The minimum atomic E-state index is 0.0232. The maximum Gasteiger partial charge on any atom is 0.256 e. The van der Waals surface area contributed by atoms with Crippen LogP contribution in [-0.2, 0) is 0 Å². The average Bonchev–Trinajstić information content (AvgIpc) is 2.49. The topological polar surface area (TPSA) is 20.3 Å². The second-order valence-corrected chi connectivity index (χ2v) is 6.23. The molecular weight excluding hydrogens is 265 g/mol. The van der Waals surface area contributed by atoms with Gasteiger partial charge in [-0.15, -0.1) is 11.3 Å². The highest BCUT2D eigenvalue weighted by Gasteiger charge is 2.21. The summed E-state index contributed by atoms with van der Waals surface area (Å²) >= 11 is 13.1. The van der Waals surface area contributed by atoms with E-state index in [4.69, 9.17) is 23.2 Å². The van der Waals surface area contributed by atoms with E-state index in [1.54, 1.807) is 6.07 Å². The molecule has 2 heterocycles. The van der Waals surface area contributed by atoms with Crippen molar-refractivity contribution in [3.8, 4) is 0 Å². The first-order valence-corrected chi connectivity index (χ1v) is 7.00. The number of hydrogen-bond donors (Lipinski definition) is 0. The van der Waals surface area contributed by atoms with Crippen LogP contribution in [0.25, 0.3) is 0 Å². The van der Waals surface area contributed by atoms with Gasteiger partial charge in [-0.2, -0.15) is 0 Å². The molecule has 0 aromatic carbocycles. The number of nitrogens with zero attached hydrogens (tertiary/aromatic N) is 1. The largest absolute Gasteiger partial charge is 0.339 e. The predicted molar refractivity (Wildman–Crippen MR) is 68.7 cm³/mol. The third-order valence-corrected chi connectivity index (χ3v) is 4.27. The van der Waals surface area contributed by atoms with Crippen molar-refractivity contribution in [2.24, 2.45) is 0 Å². The first-order chi connectivity index (χ1) is 7.68. The molecule has 2 nitrogen and oxygen atoms in total. The smallest absolute Gasteiger partial charge is 0.256 e. The number of thiophene rings is 1. The van der Waals surface area contributed by atoms with E-state index in [9.17, 15) is 4.79 Å². The maximum atomic E-state index is 12.2. The molecule has 0 N–H and O–H groups in total. The zero-order valence-corrected chi connectivity index (χ0v) is 11.2. The van der Waals surface area contributed by atoms with Crippen LogP contribution in [0.4, 0.5) is 0 Å². The fourth-order valence-electron chi connectivity index (χ4n) is 1.93. The summed E-state index contributed by atoms with van der Waals surface area (Å²) in [6.45, 7) is 1.67. The van der Waals surface area contributed by atoms with Gasteiger partial charge >= 0.3 is 0 Å². The third kappa shape index (κ3) is 2.70. The van der Waals surface area contributed by atoms with Crippen molar-refractivity contribution >= 4 is 40.4 Å². The molecule has 2 rings (SSSR count). The van der Waals surface area contributed by atoms with E-state index in [1.165, 1.54) is 24.2 Å². The fraction of sp³-hybridized carbons (Fsp3) is 0.545. The van der Waals surface area contributed by atoms with Gasteiger partial charge in [0.05, 0.1) is 9.90 Å². The fourth-order valence-corrected chi connectivity index (χ4v) is 3.38. The zero-order valence-electron chi connectivity index (χ0n) is 8.84. The Bertz CT molecular complexity index is 383. The van der Waals surface area contributed by atoms with Crippen LogP contribution in [0.2, 0.25) is 8.67 Å². The Hall–Kier alpha value is -0.250. The Labute approximate surface area is 109 Å². The molecule has 1 aromatic heterocycles. The molecule has 0 aliphatic carbocycles. The first-order valence-electron chi connectivity index (χ1n) is 5.42. The molecule has 0 spiro atoms. The van der Waals surface area contributed by atoms with Gasteiger partial charge in [-0.05, 0) is 18.9 Å². The summed E-state index contributed by atoms with van der Waals surface area (Å²) in [5, 5.41) is 0. The summed E-state index contributed by atoms with van der Waals surface area (Å²) in [6, 6.07) is 1.67. The number of halogens is 2. The Morgan fingerprint density at radius 1 is 1.19 bits per heavy atom. The van der Waals surface area contributed by atoms with Crippen molar-refractivity contribution in [2.75, 3.05) is 13.1 Å². The predicted octanol–water partition coefficient (Wildman–Crippen LogP) is 4.07. The van der Waals surface area contributed by atoms with Gasteiger partial charge in [0, 0.05) is 13.1 Å². The van der Waals surface area contributed by atoms with E-state index < -0.39 is 0 Å². The summed E-state index contributed by atoms with van der Waals surface area (Å²) in [6.07, 6.45) is 4.59. The number of hydrogen-bond acceptors (Lipinski definition) is 2. The molecule has 1 saturated heterocycles. The van der Waals surface area contributed by atoms with Crippen LogP contribution in [0.15, 0.2) is 6.07 Å². The van der Waals surface area contributed by atoms with Gasteiger partial charge in [-0.3, -0.25) is 4.79 Å². The summed E-state index contributed by atoms with van der Waals surface area (Å²) in [5.74, 6) is 0.0232. The first kappa shape index (κ1) is 12.2. The van der Waals surface area contributed by atoms with Crippen LogP contribution in [-0.4, -0.2) is 23.9 Å². The van der Waals surface area contributed by atoms with Crippen molar-refractivity contribution in [2.45, 2.75) is 25.7 Å². The molecule has 88 valence electrons. The average molecular weight is 278 g/mol. The van der Waals surface area contributed by atoms with Crippen molar-refractivity contribution < 1.29 is 4.79 Å². The van der Waals surface area contributed by atoms with E-state index in [2.05, 4.69) is 0 Å². The van der Waals surface area contributed by atoms with E-state index in [0.29, 0.717) is 14.2 Å². The van der Waals surface area contributed by atoms with Gasteiger partial charge in [0.25, 0.3) is 5.91 Å². The molecule has 0 bridgehead atoms. The minimum Gasteiger partial charge on any atom is -0.339 e. The molecule has 0 saturated carbocycles. The third-order valence-electron chi connectivity index (χ3n) is 2.78. The van der Waals surface area contributed by atoms with E-state index >= 15 is 0 Å². The highest BCUT2D eigenvalue weighted by molar-refractivity contribution is 7.20. The Kier molecular flexibility index (Phi) is 4.11. The van der Waals surface area contributed by atoms with Crippen molar-refractivity contribution in [1.29, 1.82) is 0 Å². The van der Waals surface area contributed by atoms with Crippen molar-refractivity contribution in [3.63, 3.8) is 0 Å². The molecule has 1 aliphatic rings. The number of carbonyl (C=O) groups is 1. The Balaban J connectivity index is 2.14. The summed E-state index contributed by atoms with van der Waals surface area (Å²) in [5.41, 5.74) is 0.554. The van der Waals surface area contributed by atoms with Gasteiger partial charge in [-0.1, -0.05) is 36.0 Å². The second kappa shape index (κ2) is 5.39. The molecule has 0 unspecified atom stereocenters. The SMILES string of the molecule is O=C(c1cc(Cl)sc1Cl)N1CCCCCC1. The lowest BCUT2D eigenvalue weighted by Gasteiger charge is -2.19. The van der Waals surface area contributed by atoms with Crippen molar-refractivity contribution in [3.05, 3.63) is 20.3 Å². The normalized spacial score (nSPS) is 17.2. The second-order valence-electron chi connectivity index (χ2n) is 3.94. The summed E-state index contributed by atoms with van der Waals surface area (Å²) < 4.78 is 1.07. The number of rotatable bonds is 1. The van der Waals surface area contributed by atoms with Gasteiger partial charge < -0.3 is 4.90 Å². The van der Waals surface area contributed by atoms with Crippen LogP contribution in [0.5, 0.6) is 0 Å². The lowest BCUT2D eigenvalue weighted by Crippen LogP contribution is -2.31. The molecule has 16 heavy (non-hydrogen) atoms. The molecular formula is C11H13Cl2NOS. The highest BCUT2D eigenvalue weighted by Crippen LogP contribution is 2.32. The molecule has 5 heteroatoms. The Morgan fingerprint density at radius 2 is 1.81 bits per heavy atom. The van der Waals surface area contributed by atoms with Gasteiger partial charge in [-0.25, -0.2) is 0 Å². The highest BCUT2D eigenvalue weighted by atomic mass is 35.5. The number of carbonyl (C=O) groups excluding carboxylic acids is 1. The molecule has 1 aliphatic heterocycles. The standard InChI is InChI=1S/C11H13Cl2NOS/c12-9-7-8(10(13)16-9)11(15)14-5-3-1-2-4-6-14/h7H,1-6H2. The summed E-state index contributed by atoms with van der Waals surface area (Å²) in [4.78, 5) is 14.1. The van der Waals surface area contributed by atoms with Gasteiger partial charge in [0.1, 0.15) is 4.34 Å². The van der Waals surface area contributed by atoms with Crippen LogP contribution in [0.1, 0.15) is 36.0 Å². The lowest BCUT2D eigenvalue weighted by molar-refractivity contribution is 0.0762. The number of amides is 1. The van der Waals surface area contributed by atoms with Crippen LogP contribution in [0, 0.1) is 0 Å². The molecule has 1 amide bonds. The van der Waals surface area contributed by atoms with Crippen LogP contribution >= 0.6 is 34.5 Å². The zero-order chi connectivity index (χ0) is 11.5.